The number of hydrogen-bond acceptors (Lipinski definition) is 7. The Balaban J connectivity index is 1.51. The fourth-order valence-corrected chi connectivity index (χ4v) is 4.61. The molecule has 0 unspecified atom stereocenters. The first-order valence-electron chi connectivity index (χ1n) is 12.3. The maximum atomic E-state index is 13.6. The maximum Gasteiger partial charge on any atom is 0.205 e. The molecule has 39 heavy (non-hydrogen) atoms. The number of Topliss-reactive ketones (excluding diaryl/α,β-unsaturated/α-hetero) is 1. The number of nitrogens with one attached hydrogen (secondary N) is 2. The second-order valence-corrected chi connectivity index (χ2v) is 8.88. The van der Waals surface area contributed by atoms with Crippen LogP contribution < -0.4 is 26.7 Å². The van der Waals surface area contributed by atoms with Gasteiger partial charge in [0.05, 0.1) is 29.8 Å². The van der Waals surface area contributed by atoms with Gasteiger partial charge < -0.3 is 19.8 Å². The standard InChI is InChI=1S/C32H23N3O4/c1-38-31-26(32-34-28(20-11-5-2-6-12-20)29(35-32)21-13-7-3-8-14-21)24(36)17-25-27(31)30(37)22(19-39-25)18-33-23-15-9-4-10-16-23/h2-19,34-35H,1H3. The maximum absolute atomic E-state index is 13.6. The van der Waals surface area contributed by atoms with Crippen molar-refractivity contribution in [1.82, 2.24) is 10.6 Å². The lowest BCUT2D eigenvalue weighted by molar-refractivity contribution is -0.110. The molecular weight excluding hydrogens is 490 g/mol. The van der Waals surface area contributed by atoms with E-state index >= 15 is 0 Å². The highest BCUT2D eigenvalue weighted by molar-refractivity contribution is 6.24. The number of fused-ring (bicyclic) bond motifs is 1. The molecule has 3 aromatic carbocycles. The van der Waals surface area contributed by atoms with Gasteiger partial charge in [-0.05, 0) is 12.1 Å². The van der Waals surface area contributed by atoms with E-state index in [4.69, 9.17) is 9.15 Å². The van der Waals surface area contributed by atoms with E-state index in [0.29, 0.717) is 11.5 Å². The molecule has 0 radical (unpaired) electrons. The van der Waals surface area contributed by atoms with Crippen molar-refractivity contribution in [2.24, 2.45) is 4.99 Å². The first kappa shape index (κ1) is 23.9. The van der Waals surface area contributed by atoms with Gasteiger partial charge in [0.15, 0.2) is 5.78 Å². The average Bonchev–Trinajstić information content (AvgIpc) is 3.42. The Bertz CT molecular complexity index is 1800. The summed E-state index contributed by atoms with van der Waals surface area (Å²) in [7, 11) is 1.43. The molecule has 6 rings (SSSR count). The summed E-state index contributed by atoms with van der Waals surface area (Å²) in [5, 5.41) is 6.92. The zero-order chi connectivity index (χ0) is 26.8. The zero-order valence-electron chi connectivity index (χ0n) is 21.0. The van der Waals surface area contributed by atoms with Crippen LogP contribution in [-0.4, -0.2) is 19.1 Å². The predicted octanol–water partition coefficient (Wildman–Crippen LogP) is 3.44. The van der Waals surface area contributed by atoms with Crippen molar-refractivity contribution < 1.29 is 13.9 Å². The summed E-state index contributed by atoms with van der Waals surface area (Å²) in [5.41, 5.74) is 4.39. The summed E-state index contributed by atoms with van der Waals surface area (Å²) < 4.78 is 11.4. The molecule has 1 aromatic heterocycles. The van der Waals surface area contributed by atoms with Crippen LogP contribution in [0.25, 0.3) is 23.2 Å². The Morgan fingerprint density at radius 1 is 0.795 bits per heavy atom. The molecule has 2 aliphatic rings. The fraction of sp³-hybridized carbons (Fsp3) is 0.0312. The van der Waals surface area contributed by atoms with Crippen LogP contribution in [-0.2, 0) is 9.53 Å². The van der Waals surface area contributed by atoms with E-state index in [1.54, 1.807) is 0 Å². The van der Waals surface area contributed by atoms with Gasteiger partial charge in [-0.2, -0.15) is 0 Å². The van der Waals surface area contributed by atoms with E-state index in [2.05, 4.69) is 15.6 Å². The number of carbonyl (C=O) groups excluding carboxylic acids is 1. The van der Waals surface area contributed by atoms with E-state index in [1.165, 1.54) is 25.7 Å². The third-order valence-corrected chi connectivity index (χ3v) is 6.45. The minimum absolute atomic E-state index is 0.123. The van der Waals surface area contributed by atoms with Crippen molar-refractivity contribution in [2.75, 3.05) is 7.11 Å². The molecule has 2 heterocycles. The molecule has 7 heteroatoms. The molecule has 190 valence electrons. The van der Waals surface area contributed by atoms with Gasteiger partial charge in [-0.3, -0.25) is 14.6 Å². The molecule has 0 fully saturated rings. The quantitative estimate of drug-likeness (QED) is 0.314. The van der Waals surface area contributed by atoms with E-state index in [9.17, 15) is 9.59 Å². The van der Waals surface area contributed by atoms with Gasteiger partial charge in [0, 0.05) is 23.4 Å². The molecule has 0 spiro atoms. The molecule has 0 amide bonds. The molecule has 1 aliphatic heterocycles. The molecule has 1 aliphatic carbocycles. The highest BCUT2D eigenvalue weighted by Crippen LogP contribution is 2.31. The van der Waals surface area contributed by atoms with Gasteiger partial charge in [0.1, 0.15) is 34.1 Å². The van der Waals surface area contributed by atoms with Crippen LogP contribution in [0.3, 0.4) is 0 Å². The minimum atomic E-state index is -0.357. The van der Waals surface area contributed by atoms with Crippen LogP contribution in [0, 0.1) is 0 Å². The third kappa shape index (κ3) is 4.46. The molecule has 7 nitrogen and oxygen atoms in total. The summed E-state index contributed by atoms with van der Waals surface area (Å²) >= 11 is 0. The summed E-state index contributed by atoms with van der Waals surface area (Å²) in [6.07, 6.45) is 4.07. The molecular formula is C32H23N3O4. The van der Waals surface area contributed by atoms with Crippen molar-refractivity contribution in [1.29, 1.82) is 0 Å². The first-order valence-corrected chi connectivity index (χ1v) is 12.3. The highest BCUT2D eigenvalue weighted by Gasteiger charge is 2.31. The van der Waals surface area contributed by atoms with Gasteiger partial charge in [0.2, 0.25) is 5.43 Å². The molecule has 4 aromatic rings. The monoisotopic (exact) mass is 513 g/mol. The van der Waals surface area contributed by atoms with Gasteiger partial charge in [0.25, 0.3) is 0 Å². The Morgan fingerprint density at radius 3 is 1.92 bits per heavy atom. The van der Waals surface area contributed by atoms with Crippen LogP contribution in [0.2, 0.25) is 0 Å². The number of rotatable bonds is 5. The number of aliphatic imine (C=N–C) groups is 1. The van der Waals surface area contributed by atoms with E-state index in [1.807, 2.05) is 91.0 Å². The van der Waals surface area contributed by atoms with Crippen LogP contribution in [0.4, 0.5) is 5.69 Å². The fourth-order valence-electron chi connectivity index (χ4n) is 4.61. The van der Waals surface area contributed by atoms with E-state index in [-0.39, 0.29) is 38.7 Å². The number of ether oxygens (including phenoxy) is 1. The minimum Gasteiger partial charge on any atom is -0.495 e. The summed E-state index contributed by atoms with van der Waals surface area (Å²) in [6, 6.07) is 28.9. The second kappa shape index (κ2) is 10.1. The molecule has 0 saturated carbocycles. The number of hydrogen-bond donors (Lipinski definition) is 2. The van der Waals surface area contributed by atoms with Crippen LogP contribution in [0.5, 0.6) is 0 Å². The van der Waals surface area contributed by atoms with Crippen LogP contribution >= 0.6 is 0 Å². The third-order valence-electron chi connectivity index (χ3n) is 6.45. The Morgan fingerprint density at radius 2 is 1.36 bits per heavy atom. The van der Waals surface area contributed by atoms with Crippen molar-refractivity contribution in [3.05, 3.63) is 146 Å². The van der Waals surface area contributed by atoms with Crippen molar-refractivity contribution >= 4 is 40.9 Å². The predicted molar refractivity (Wildman–Crippen MR) is 151 cm³/mol. The first-order chi connectivity index (χ1) is 19.1. The molecule has 2 N–H and O–H groups in total. The number of ketones is 1. The number of para-hydroxylation sites is 1. The lowest BCUT2D eigenvalue weighted by Crippen LogP contribution is -2.46. The number of nitrogens with zero attached hydrogens (tertiary/aromatic N) is 1. The SMILES string of the molecule is COC1=c2c(occ(C=Nc3ccccc3)c2=O)=CC(=O)C1=C1NC(c2ccccc2)=C(c2ccccc2)N1. The Hall–Kier alpha value is -5.43. The summed E-state index contributed by atoms with van der Waals surface area (Å²) in [6.45, 7) is 0. The summed E-state index contributed by atoms with van der Waals surface area (Å²) in [4.78, 5) is 31.4. The largest absolute Gasteiger partial charge is 0.495 e. The summed E-state index contributed by atoms with van der Waals surface area (Å²) in [5.74, 6) is 0.182. The van der Waals surface area contributed by atoms with E-state index in [0.717, 1.165) is 22.5 Å². The highest BCUT2D eigenvalue weighted by atomic mass is 16.5. The number of benzene rings is 3. The van der Waals surface area contributed by atoms with Gasteiger partial charge in [-0.1, -0.05) is 78.9 Å². The average molecular weight is 514 g/mol. The van der Waals surface area contributed by atoms with Gasteiger partial charge in [-0.25, -0.2) is 0 Å². The molecule has 0 bridgehead atoms. The molecule has 0 saturated heterocycles. The zero-order valence-corrected chi connectivity index (χ0v) is 21.0. The number of carbonyl (C=O) groups is 1. The Labute approximate surface area is 223 Å². The second-order valence-electron chi connectivity index (χ2n) is 8.88. The number of methoxy groups -OCH3 is 1. The van der Waals surface area contributed by atoms with Gasteiger partial charge in [-0.15, -0.1) is 0 Å². The lowest BCUT2D eigenvalue weighted by atomic mass is 10.0. The van der Waals surface area contributed by atoms with Crippen LogP contribution in [0.1, 0.15) is 16.7 Å². The topological polar surface area (TPSA) is 92.9 Å². The normalized spacial score (nSPS) is 14.7. The van der Waals surface area contributed by atoms with Crippen molar-refractivity contribution in [2.45, 2.75) is 0 Å². The van der Waals surface area contributed by atoms with E-state index < -0.39 is 0 Å². The van der Waals surface area contributed by atoms with Crippen molar-refractivity contribution in [3.8, 4) is 0 Å². The van der Waals surface area contributed by atoms with Crippen molar-refractivity contribution in [3.63, 3.8) is 0 Å². The Kier molecular flexibility index (Phi) is 6.23. The lowest BCUT2D eigenvalue weighted by Gasteiger charge is -2.16. The smallest absolute Gasteiger partial charge is 0.205 e. The van der Waals surface area contributed by atoms with Crippen LogP contribution in [0.15, 0.2) is 123 Å². The van der Waals surface area contributed by atoms with Gasteiger partial charge >= 0.3 is 0 Å². The molecule has 0 atom stereocenters.